The molecule has 0 radical (unpaired) electrons. The minimum absolute atomic E-state index is 0.132. The van der Waals surface area contributed by atoms with E-state index in [1.807, 2.05) is 0 Å². The van der Waals surface area contributed by atoms with Crippen molar-refractivity contribution in [2.45, 2.75) is 46.1 Å². The Labute approximate surface area is 112 Å². The van der Waals surface area contributed by atoms with Gasteiger partial charge in [-0.3, -0.25) is 0 Å². The van der Waals surface area contributed by atoms with Crippen LogP contribution < -0.4 is 10.0 Å². The van der Waals surface area contributed by atoms with Crippen LogP contribution in [0.3, 0.4) is 0 Å². The van der Waals surface area contributed by atoms with Gasteiger partial charge in [0.05, 0.1) is 0 Å². The van der Waals surface area contributed by atoms with Crippen LogP contribution in [-0.2, 0) is 10.2 Å². The highest BCUT2D eigenvalue weighted by Crippen LogP contribution is 2.19. The third kappa shape index (κ3) is 5.22. The SMILES string of the molecule is CCNS(=O)(=O)N1CCC(CNC(C)(C)C)CC1. The highest BCUT2D eigenvalue weighted by atomic mass is 32.2. The number of nitrogens with zero attached hydrogens (tertiary/aromatic N) is 1. The lowest BCUT2D eigenvalue weighted by Gasteiger charge is -2.33. The van der Waals surface area contributed by atoms with Gasteiger partial charge in [-0.15, -0.1) is 0 Å². The lowest BCUT2D eigenvalue weighted by Crippen LogP contribution is -2.47. The van der Waals surface area contributed by atoms with Crippen molar-refractivity contribution in [3.63, 3.8) is 0 Å². The standard InChI is InChI=1S/C12H27N3O2S/c1-5-14-18(16,17)15-8-6-11(7-9-15)10-13-12(2,3)4/h11,13-14H,5-10H2,1-4H3. The van der Waals surface area contributed by atoms with Crippen LogP contribution in [0, 0.1) is 5.92 Å². The van der Waals surface area contributed by atoms with Crippen molar-refractivity contribution in [2.75, 3.05) is 26.2 Å². The van der Waals surface area contributed by atoms with Gasteiger partial charge in [-0.25, -0.2) is 4.72 Å². The normalized spacial score (nSPS) is 20.2. The molecular formula is C12H27N3O2S. The predicted octanol–water partition coefficient (Wildman–Crippen LogP) is 0.941. The van der Waals surface area contributed by atoms with Crippen LogP contribution in [0.15, 0.2) is 0 Å². The lowest BCUT2D eigenvalue weighted by atomic mass is 9.97. The quantitative estimate of drug-likeness (QED) is 0.786. The summed E-state index contributed by atoms with van der Waals surface area (Å²) in [5.74, 6) is 0.581. The Morgan fingerprint density at radius 3 is 2.22 bits per heavy atom. The van der Waals surface area contributed by atoms with Gasteiger partial charge in [0.2, 0.25) is 0 Å². The van der Waals surface area contributed by atoms with Gasteiger partial charge in [0.1, 0.15) is 0 Å². The van der Waals surface area contributed by atoms with E-state index in [-0.39, 0.29) is 5.54 Å². The van der Waals surface area contributed by atoms with E-state index in [1.165, 1.54) is 0 Å². The number of rotatable bonds is 5. The van der Waals surface area contributed by atoms with Crippen LogP contribution in [0.4, 0.5) is 0 Å². The second-order valence-corrected chi connectivity index (χ2v) is 7.73. The van der Waals surface area contributed by atoms with Gasteiger partial charge in [-0.1, -0.05) is 6.92 Å². The zero-order chi connectivity index (χ0) is 13.8. The molecule has 1 aliphatic rings. The third-order valence-electron chi connectivity index (χ3n) is 3.16. The van der Waals surface area contributed by atoms with Crippen LogP contribution >= 0.6 is 0 Å². The molecular weight excluding hydrogens is 250 g/mol. The Balaban J connectivity index is 2.37. The van der Waals surface area contributed by atoms with E-state index in [0.717, 1.165) is 19.4 Å². The average Bonchev–Trinajstić information content (AvgIpc) is 2.26. The predicted molar refractivity (Wildman–Crippen MR) is 74.6 cm³/mol. The van der Waals surface area contributed by atoms with Crippen LogP contribution in [0.25, 0.3) is 0 Å². The maximum atomic E-state index is 11.8. The molecule has 1 aliphatic heterocycles. The van der Waals surface area contributed by atoms with Crippen LogP contribution in [0.1, 0.15) is 40.5 Å². The molecule has 2 N–H and O–H groups in total. The molecule has 0 atom stereocenters. The van der Waals surface area contributed by atoms with Gasteiger partial charge in [0.15, 0.2) is 0 Å². The molecule has 0 amide bonds. The molecule has 1 rings (SSSR count). The summed E-state index contributed by atoms with van der Waals surface area (Å²) in [4.78, 5) is 0. The Morgan fingerprint density at radius 2 is 1.78 bits per heavy atom. The molecule has 0 aromatic carbocycles. The van der Waals surface area contributed by atoms with Gasteiger partial charge in [-0.05, 0) is 46.1 Å². The van der Waals surface area contributed by atoms with Crippen molar-refractivity contribution in [1.82, 2.24) is 14.3 Å². The lowest BCUT2D eigenvalue weighted by molar-refractivity contribution is 0.250. The highest BCUT2D eigenvalue weighted by molar-refractivity contribution is 7.87. The monoisotopic (exact) mass is 277 g/mol. The summed E-state index contributed by atoms with van der Waals surface area (Å²) in [7, 11) is -3.24. The zero-order valence-corrected chi connectivity index (χ0v) is 12.8. The van der Waals surface area contributed by atoms with E-state index in [9.17, 15) is 8.42 Å². The fourth-order valence-electron chi connectivity index (χ4n) is 2.08. The highest BCUT2D eigenvalue weighted by Gasteiger charge is 2.27. The molecule has 1 heterocycles. The van der Waals surface area contributed by atoms with Crippen molar-refractivity contribution >= 4 is 10.2 Å². The van der Waals surface area contributed by atoms with Crippen LogP contribution in [0.5, 0.6) is 0 Å². The number of nitrogens with one attached hydrogen (secondary N) is 2. The minimum atomic E-state index is -3.24. The zero-order valence-electron chi connectivity index (χ0n) is 12.0. The average molecular weight is 277 g/mol. The second kappa shape index (κ2) is 6.32. The van der Waals surface area contributed by atoms with Crippen molar-refractivity contribution in [3.05, 3.63) is 0 Å². The van der Waals surface area contributed by atoms with Gasteiger partial charge in [0, 0.05) is 25.2 Å². The molecule has 0 aromatic rings. The van der Waals surface area contributed by atoms with Crippen LogP contribution in [-0.4, -0.2) is 44.4 Å². The van der Waals surface area contributed by atoms with Crippen molar-refractivity contribution in [2.24, 2.45) is 5.92 Å². The molecule has 0 bridgehead atoms. The summed E-state index contributed by atoms with van der Waals surface area (Å²) in [5.41, 5.74) is 0.132. The molecule has 5 nitrogen and oxygen atoms in total. The molecule has 0 aliphatic carbocycles. The first-order valence-electron chi connectivity index (χ1n) is 6.74. The first kappa shape index (κ1) is 15.9. The van der Waals surface area contributed by atoms with E-state index >= 15 is 0 Å². The minimum Gasteiger partial charge on any atom is -0.312 e. The molecule has 108 valence electrons. The summed E-state index contributed by atoms with van der Waals surface area (Å²) in [6.45, 7) is 10.9. The van der Waals surface area contributed by atoms with E-state index in [1.54, 1.807) is 11.2 Å². The van der Waals surface area contributed by atoms with Crippen LogP contribution in [0.2, 0.25) is 0 Å². The van der Waals surface area contributed by atoms with E-state index < -0.39 is 10.2 Å². The smallest absolute Gasteiger partial charge is 0.279 e. The molecule has 0 spiro atoms. The summed E-state index contributed by atoms with van der Waals surface area (Å²) >= 11 is 0. The molecule has 18 heavy (non-hydrogen) atoms. The van der Waals surface area contributed by atoms with E-state index in [2.05, 4.69) is 30.8 Å². The largest absolute Gasteiger partial charge is 0.312 e. The first-order valence-corrected chi connectivity index (χ1v) is 8.18. The summed E-state index contributed by atoms with van der Waals surface area (Å²) < 4.78 is 27.7. The maximum absolute atomic E-state index is 11.8. The number of hydrogen-bond donors (Lipinski definition) is 2. The second-order valence-electron chi connectivity index (χ2n) is 5.98. The molecule has 0 saturated carbocycles. The Hall–Kier alpha value is -0.170. The van der Waals surface area contributed by atoms with E-state index in [4.69, 9.17) is 0 Å². The van der Waals surface area contributed by atoms with Gasteiger partial charge in [0.25, 0.3) is 10.2 Å². The molecule has 0 aromatic heterocycles. The van der Waals surface area contributed by atoms with Crippen molar-refractivity contribution < 1.29 is 8.42 Å². The topological polar surface area (TPSA) is 61.4 Å². The Kier molecular flexibility index (Phi) is 5.58. The molecule has 6 heteroatoms. The van der Waals surface area contributed by atoms with Crippen molar-refractivity contribution in [1.29, 1.82) is 0 Å². The van der Waals surface area contributed by atoms with Gasteiger partial charge < -0.3 is 5.32 Å². The summed E-state index contributed by atoms with van der Waals surface area (Å²) in [5, 5.41) is 3.49. The van der Waals surface area contributed by atoms with Gasteiger partial charge >= 0.3 is 0 Å². The number of hydrogen-bond acceptors (Lipinski definition) is 3. The molecule has 1 fully saturated rings. The third-order valence-corrected chi connectivity index (χ3v) is 4.86. The summed E-state index contributed by atoms with van der Waals surface area (Å²) in [6.07, 6.45) is 1.88. The molecule has 0 unspecified atom stereocenters. The maximum Gasteiger partial charge on any atom is 0.279 e. The first-order chi connectivity index (χ1) is 8.24. The van der Waals surface area contributed by atoms with Crippen molar-refractivity contribution in [3.8, 4) is 0 Å². The Bertz CT molecular complexity index is 341. The summed E-state index contributed by atoms with van der Waals surface area (Å²) in [6, 6.07) is 0. The molecule has 1 saturated heterocycles. The van der Waals surface area contributed by atoms with E-state index in [0.29, 0.717) is 25.6 Å². The fourth-order valence-corrected chi connectivity index (χ4v) is 3.32. The fraction of sp³-hybridized carbons (Fsp3) is 1.00. The van der Waals surface area contributed by atoms with Gasteiger partial charge in [-0.2, -0.15) is 12.7 Å². The Morgan fingerprint density at radius 1 is 1.22 bits per heavy atom. The number of piperidine rings is 1.